The molecule has 8 aromatic rings. The van der Waals surface area contributed by atoms with E-state index in [-0.39, 0.29) is 0 Å². The van der Waals surface area contributed by atoms with Gasteiger partial charge in [-0.05, 0) is 30.3 Å². The average Bonchev–Trinajstić information content (AvgIpc) is 3.63. The van der Waals surface area contributed by atoms with Gasteiger partial charge in [0.2, 0.25) is 5.89 Å². The van der Waals surface area contributed by atoms with Gasteiger partial charge in [0, 0.05) is 36.9 Å². The van der Waals surface area contributed by atoms with Gasteiger partial charge < -0.3 is 4.42 Å². The van der Waals surface area contributed by atoms with Crippen molar-refractivity contribution in [2.75, 3.05) is 0 Å². The molecule has 0 aliphatic carbocycles. The van der Waals surface area contributed by atoms with Gasteiger partial charge in [0.1, 0.15) is 5.52 Å². The number of fused-ring (bicyclic) bond motifs is 4. The Morgan fingerprint density at radius 3 is 2.08 bits per heavy atom. The molecule has 0 aliphatic rings. The number of oxazole rings is 1. The van der Waals surface area contributed by atoms with E-state index < -0.39 is 0 Å². The lowest BCUT2D eigenvalue weighted by atomic mass is 10.0. The van der Waals surface area contributed by atoms with Gasteiger partial charge in [-0.15, -0.1) is 11.3 Å². The zero-order valence-corrected chi connectivity index (χ0v) is 22.1. The number of benzene rings is 5. The van der Waals surface area contributed by atoms with E-state index in [1.807, 2.05) is 60.7 Å². The molecule has 0 saturated heterocycles. The van der Waals surface area contributed by atoms with Crippen LogP contribution >= 0.6 is 11.3 Å². The number of aromatic nitrogens is 3. The largest absolute Gasteiger partial charge is 0.436 e. The first kappa shape index (κ1) is 22.8. The van der Waals surface area contributed by atoms with Gasteiger partial charge in [-0.3, -0.25) is 0 Å². The molecular formula is C35H21N3OS. The second-order valence-electron chi connectivity index (χ2n) is 9.64. The number of para-hydroxylation sites is 2. The summed E-state index contributed by atoms with van der Waals surface area (Å²) in [6, 6.07) is 43.3. The van der Waals surface area contributed by atoms with Gasteiger partial charge >= 0.3 is 0 Å². The van der Waals surface area contributed by atoms with Gasteiger partial charge in [-0.25, -0.2) is 15.0 Å². The van der Waals surface area contributed by atoms with Crippen molar-refractivity contribution >= 4 is 42.6 Å². The third-order valence-corrected chi connectivity index (χ3v) is 8.35. The molecule has 3 aromatic heterocycles. The Hall–Kier alpha value is -5.13. The van der Waals surface area contributed by atoms with Crippen LogP contribution in [0.4, 0.5) is 0 Å². The topological polar surface area (TPSA) is 51.8 Å². The predicted molar refractivity (Wildman–Crippen MR) is 164 cm³/mol. The Bertz CT molecular complexity index is 2070. The quantitative estimate of drug-likeness (QED) is 0.227. The third kappa shape index (κ3) is 3.79. The van der Waals surface area contributed by atoms with Crippen LogP contribution in [0.15, 0.2) is 132 Å². The minimum absolute atomic E-state index is 0.639. The highest BCUT2D eigenvalue weighted by Gasteiger charge is 2.19. The van der Waals surface area contributed by atoms with Crippen LogP contribution in [0.1, 0.15) is 0 Å². The maximum Gasteiger partial charge on any atom is 0.228 e. The minimum atomic E-state index is 0.639. The molecule has 0 atom stereocenters. The molecule has 5 aromatic carbocycles. The molecule has 3 heterocycles. The second kappa shape index (κ2) is 9.26. The molecule has 0 aliphatic heterocycles. The van der Waals surface area contributed by atoms with Gasteiger partial charge in [-0.2, -0.15) is 0 Å². The summed E-state index contributed by atoms with van der Waals surface area (Å²) in [5.41, 5.74) is 7.57. The molecule has 0 N–H and O–H groups in total. The Morgan fingerprint density at radius 2 is 1.25 bits per heavy atom. The number of hydrogen-bond donors (Lipinski definition) is 0. The first-order valence-electron chi connectivity index (χ1n) is 13.1. The van der Waals surface area contributed by atoms with Crippen LogP contribution in [0.3, 0.4) is 0 Å². The van der Waals surface area contributed by atoms with Crippen LogP contribution in [0.25, 0.3) is 76.6 Å². The van der Waals surface area contributed by atoms with Crippen LogP contribution in [0.2, 0.25) is 0 Å². The molecule has 5 heteroatoms. The summed E-state index contributed by atoms with van der Waals surface area (Å²) in [4.78, 5) is 14.9. The smallest absolute Gasteiger partial charge is 0.228 e. The van der Waals surface area contributed by atoms with Crippen LogP contribution in [-0.2, 0) is 0 Å². The fourth-order valence-corrected chi connectivity index (χ4v) is 6.51. The Morgan fingerprint density at radius 1 is 0.550 bits per heavy atom. The van der Waals surface area contributed by atoms with E-state index in [2.05, 4.69) is 66.7 Å². The van der Waals surface area contributed by atoms with E-state index in [0.717, 1.165) is 54.8 Å². The van der Waals surface area contributed by atoms with Crippen molar-refractivity contribution in [2.45, 2.75) is 0 Å². The maximum atomic E-state index is 6.18. The van der Waals surface area contributed by atoms with Crippen LogP contribution in [0.5, 0.6) is 0 Å². The standard InChI is InChI=1S/C35H21N3OS/c1-3-11-22(12-4-1)28-21-29(37-34(36-28)23-13-5-2-6-14-23)24-15-10-20-31-32(24)25-16-9-17-26(33(25)40-31)35-38-27-18-7-8-19-30(27)39-35/h1-21H. The zero-order chi connectivity index (χ0) is 26.5. The summed E-state index contributed by atoms with van der Waals surface area (Å²) in [6.45, 7) is 0. The number of thiophene rings is 1. The van der Waals surface area contributed by atoms with Crippen LogP contribution in [-0.4, -0.2) is 15.0 Å². The van der Waals surface area contributed by atoms with Crippen molar-refractivity contribution < 1.29 is 4.42 Å². The summed E-state index contributed by atoms with van der Waals surface area (Å²) in [5, 5.41) is 2.34. The van der Waals surface area contributed by atoms with Gasteiger partial charge in [0.15, 0.2) is 11.4 Å². The highest BCUT2D eigenvalue weighted by Crippen LogP contribution is 2.44. The van der Waals surface area contributed by atoms with E-state index in [0.29, 0.717) is 11.7 Å². The summed E-state index contributed by atoms with van der Waals surface area (Å²) < 4.78 is 8.52. The molecule has 4 nitrogen and oxygen atoms in total. The number of hydrogen-bond acceptors (Lipinski definition) is 5. The van der Waals surface area contributed by atoms with Crippen molar-refractivity contribution in [2.24, 2.45) is 0 Å². The first-order valence-corrected chi connectivity index (χ1v) is 13.9. The maximum absolute atomic E-state index is 6.18. The zero-order valence-electron chi connectivity index (χ0n) is 21.3. The second-order valence-corrected chi connectivity index (χ2v) is 10.7. The van der Waals surface area contributed by atoms with Crippen molar-refractivity contribution in [3.05, 3.63) is 127 Å². The Kier molecular flexibility index (Phi) is 5.28. The van der Waals surface area contributed by atoms with Crippen molar-refractivity contribution in [3.8, 4) is 45.4 Å². The van der Waals surface area contributed by atoms with Gasteiger partial charge in [0.05, 0.1) is 17.0 Å². The Labute approximate surface area is 234 Å². The van der Waals surface area contributed by atoms with Crippen LogP contribution in [0, 0.1) is 0 Å². The molecule has 0 unspecified atom stereocenters. The molecule has 0 saturated carbocycles. The van der Waals surface area contributed by atoms with Crippen LogP contribution < -0.4 is 0 Å². The van der Waals surface area contributed by atoms with E-state index >= 15 is 0 Å². The molecule has 0 bridgehead atoms. The minimum Gasteiger partial charge on any atom is -0.436 e. The SMILES string of the molecule is c1ccc(-c2cc(-c3cccc4sc5c(-c6nc7ccccc7o6)cccc5c34)nc(-c3ccccc3)n2)cc1. The first-order chi connectivity index (χ1) is 19.8. The predicted octanol–water partition coefficient (Wildman–Crippen LogP) is 9.65. The number of rotatable bonds is 4. The van der Waals surface area contributed by atoms with E-state index in [1.54, 1.807) is 11.3 Å². The summed E-state index contributed by atoms with van der Waals surface area (Å²) in [7, 11) is 0. The molecule has 8 rings (SSSR count). The molecule has 0 radical (unpaired) electrons. The summed E-state index contributed by atoms with van der Waals surface area (Å²) >= 11 is 1.76. The average molecular weight is 532 g/mol. The lowest BCUT2D eigenvalue weighted by molar-refractivity contribution is 0.621. The molecule has 0 spiro atoms. The van der Waals surface area contributed by atoms with Gasteiger partial charge in [0.25, 0.3) is 0 Å². The van der Waals surface area contributed by atoms with Crippen molar-refractivity contribution in [1.82, 2.24) is 15.0 Å². The van der Waals surface area contributed by atoms with E-state index in [4.69, 9.17) is 19.4 Å². The molecule has 0 amide bonds. The Balaban J connectivity index is 1.37. The lowest BCUT2D eigenvalue weighted by Crippen LogP contribution is -1.96. The highest BCUT2D eigenvalue weighted by molar-refractivity contribution is 7.26. The molecule has 40 heavy (non-hydrogen) atoms. The summed E-state index contributed by atoms with van der Waals surface area (Å²) in [5.74, 6) is 1.35. The van der Waals surface area contributed by atoms with E-state index in [9.17, 15) is 0 Å². The fraction of sp³-hybridized carbons (Fsp3) is 0. The van der Waals surface area contributed by atoms with E-state index in [1.165, 1.54) is 10.1 Å². The molecule has 0 fully saturated rings. The molecule has 188 valence electrons. The van der Waals surface area contributed by atoms with Crippen molar-refractivity contribution in [1.29, 1.82) is 0 Å². The highest BCUT2D eigenvalue weighted by atomic mass is 32.1. The van der Waals surface area contributed by atoms with Gasteiger partial charge in [-0.1, -0.05) is 97.1 Å². The third-order valence-electron chi connectivity index (χ3n) is 7.15. The number of nitrogens with zero attached hydrogens (tertiary/aromatic N) is 3. The lowest BCUT2D eigenvalue weighted by Gasteiger charge is -2.10. The van der Waals surface area contributed by atoms with Crippen molar-refractivity contribution in [3.63, 3.8) is 0 Å². The monoisotopic (exact) mass is 531 g/mol. The normalized spacial score (nSPS) is 11.5. The summed E-state index contributed by atoms with van der Waals surface area (Å²) in [6.07, 6.45) is 0. The molecular weight excluding hydrogens is 510 g/mol. The fourth-order valence-electron chi connectivity index (χ4n) is 5.28.